The minimum absolute atomic E-state index is 0.800. The molecule has 0 amide bonds. The lowest BCUT2D eigenvalue weighted by molar-refractivity contribution is 0.353. The first-order chi connectivity index (χ1) is 8.81. The molecule has 18 heavy (non-hydrogen) atoms. The summed E-state index contributed by atoms with van der Waals surface area (Å²) in [6.45, 7) is 1.15. The van der Waals surface area contributed by atoms with Crippen LogP contribution in [0.5, 0.6) is 0 Å². The molecule has 2 aliphatic rings. The number of aromatic nitrogens is 2. The molecule has 0 bridgehead atoms. The highest BCUT2D eigenvalue weighted by Crippen LogP contribution is 2.50. The quantitative estimate of drug-likeness (QED) is 0.836. The Balaban J connectivity index is 1.65. The third kappa shape index (κ3) is 1.78. The van der Waals surface area contributed by atoms with E-state index in [9.17, 15) is 0 Å². The largest absolute Gasteiger partial charge is 0.399 e. The van der Waals surface area contributed by atoms with E-state index in [-0.39, 0.29) is 0 Å². The molecule has 0 spiro atoms. The summed E-state index contributed by atoms with van der Waals surface area (Å²) in [7, 11) is 0. The molecule has 0 unspecified atom stereocenters. The Morgan fingerprint density at radius 1 is 1.22 bits per heavy atom. The molecule has 0 saturated heterocycles. The molecule has 0 atom stereocenters. The summed E-state index contributed by atoms with van der Waals surface area (Å²) in [5, 5.41) is 0. The van der Waals surface area contributed by atoms with Crippen LogP contribution in [0.4, 0.5) is 5.69 Å². The van der Waals surface area contributed by atoms with Crippen molar-refractivity contribution >= 4 is 16.7 Å². The van der Waals surface area contributed by atoms with Crippen molar-refractivity contribution in [3.8, 4) is 0 Å². The van der Waals surface area contributed by atoms with Crippen LogP contribution in [0.25, 0.3) is 11.0 Å². The Hall–Kier alpha value is -1.51. The number of fused-ring (bicyclic) bond motifs is 1. The predicted molar refractivity (Wildman–Crippen MR) is 73.1 cm³/mol. The second kappa shape index (κ2) is 3.74. The zero-order valence-electron chi connectivity index (χ0n) is 10.5. The molecule has 2 fully saturated rings. The van der Waals surface area contributed by atoms with Gasteiger partial charge in [0, 0.05) is 12.2 Å². The van der Waals surface area contributed by atoms with Crippen molar-refractivity contribution < 1.29 is 0 Å². The van der Waals surface area contributed by atoms with Crippen molar-refractivity contribution in [1.29, 1.82) is 0 Å². The van der Waals surface area contributed by atoms with Gasteiger partial charge in [0.15, 0.2) is 0 Å². The number of rotatable bonds is 4. The topological polar surface area (TPSA) is 43.8 Å². The summed E-state index contributed by atoms with van der Waals surface area (Å²) in [5.74, 6) is 2.87. The molecule has 2 aliphatic carbocycles. The lowest BCUT2D eigenvalue weighted by Crippen LogP contribution is -2.14. The van der Waals surface area contributed by atoms with Gasteiger partial charge in [0.2, 0.25) is 0 Å². The number of imidazole rings is 1. The number of nitrogens with two attached hydrogens (primary N) is 1. The van der Waals surface area contributed by atoms with Gasteiger partial charge in [-0.2, -0.15) is 0 Å². The Morgan fingerprint density at radius 3 is 2.61 bits per heavy atom. The lowest BCUT2D eigenvalue weighted by Gasteiger charge is -2.16. The van der Waals surface area contributed by atoms with E-state index < -0.39 is 0 Å². The van der Waals surface area contributed by atoms with Gasteiger partial charge in [0.05, 0.1) is 17.4 Å². The van der Waals surface area contributed by atoms with E-state index in [2.05, 4.69) is 15.6 Å². The lowest BCUT2D eigenvalue weighted by atomic mass is 9.98. The van der Waals surface area contributed by atoms with Crippen LogP contribution in [0.1, 0.15) is 25.7 Å². The van der Waals surface area contributed by atoms with Crippen LogP contribution in [0.2, 0.25) is 0 Å². The van der Waals surface area contributed by atoms with Crippen LogP contribution in [0.3, 0.4) is 0 Å². The first-order valence-electron chi connectivity index (χ1n) is 7.01. The zero-order valence-corrected chi connectivity index (χ0v) is 10.5. The minimum atomic E-state index is 0.800. The molecule has 3 nitrogen and oxygen atoms in total. The number of anilines is 1. The van der Waals surface area contributed by atoms with Gasteiger partial charge in [0.25, 0.3) is 0 Å². The maximum Gasteiger partial charge on any atom is 0.0958 e. The van der Waals surface area contributed by atoms with Crippen LogP contribution in [-0.4, -0.2) is 9.55 Å². The smallest absolute Gasteiger partial charge is 0.0958 e. The summed E-state index contributed by atoms with van der Waals surface area (Å²) in [6.07, 6.45) is 7.77. The summed E-state index contributed by atoms with van der Waals surface area (Å²) in [4.78, 5) is 4.47. The third-order valence-corrected chi connectivity index (χ3v) is 4.51. The average Bonchev–Trinajstić information content (AvgIpc) is 3.24. The van der Waals surface area contributed by atoms with E-state index in [1.165, 1.54) is 31.2 Å². The van der Waals surface area contributed by atoms with E-state index in [1.54, 1.807) is 0 Å². The maximum atomic E-state index is 5.80. The Bertz CT molecular complexity index is 566. The first kappa shape index (κ1) is 10.4. The molecule has 2 saturated carbocycles. The monoisotopic (exact) mass is 241 g/mol. The van der Waals surface area contributed by atoms with Crippen molar-refractivity contribution in [2.45, 2.75) is 32.2 Å². The number of hydrogen-bond donors (Lipinski definition) is 1. The molecular weight excluding hydrogens is 222 g/mol. The van der Waals surface area contributed by atoms with Crippen molar-refractivity contribution in [3.63, 3.8) is 0 Å². The van der Waals surface area contributed by atoms with Gasteiger partial charge >= 0.3 is 0 Å². The van der Waals surface area contributed by atoms with Gasteiger partial charge in [-0.15, -0.1) is 0 Å². The number of benzene rings is 1. The van der Waals surface area contributed by atoms with E-state index >= 15 is 0 Å². The van der Waals surface area contributed by atoms with Gasteiger partial charge in [-0.1, -0.05) is 0 Å². The summed E-state index contributed by atoms with van der Waals surface area (Å²) in [6, 6.07) is 6.05. The molecule has 4 rings (SSSR count). The van der Waals surface area contributed by atoms with Gasteiger partial charge in [-0.25, -0.2) is 4.98 Å². The maximum absolute atomic E-state index is 5.80. The normalized spacial score (nSPS) is 19.8. The second-order valence-electron chi connectivity index (χ2n) is 5.98. The summed E-state index contributed by atoms with van der Waals surface area (Å²) < 4.78 is 2.33. The van der Waals surface area contributed by atoms with Crippen LogP contribution in [0, 0.1) is 17.8 Å². The SMILES string of the molecule is Nc1ccc2c(c1)ncn2CC(C1CC1)C1CC1. The van der Waals surface area contributed by atoms with Crippen molar-refractivity contribution in [1.82, 2.24) is 9.55 Å². The average molecular weight is 241 g/mol. The summed E-state index contributed by atoms with van der Waals surface area (Å²) >= 11 is 0. The summed E-state index contributed by atoms with van der Waals surface area (Å²) in [5.41, 5.74) is 8.86. The van der Waals surface area contributed by atoms with Gasteiger partial charge < -0.3 is 10.3 Å². The minimum Gasteiger partial charge on any atom is -0.399 e. The van der Waals surface area contributed by atoms with Gasteiger partial charge in [0.1, 0.15) is 0 Å². The third-order valence-electron chi connectivity index (χ3n) is 4.51. The van der Waals surface area contributed by atoms with Crippen molar-refractivity contribution in [2.24, 2.45) is 17.8 Å². The molecule has 3 heteroatoms. The number of hydrogen-bond acceptors (Lipinski definition) is 2. The number of nitrogen functional groups attached to an aromatic ring is 1. The Kier molecular flexibility index (Phi) is 2.16. The fourth-order valence-electron chi connectivity index (χ4n) is 3.19. The molecule has 1 aromatic heterocycles. The van der Waals surface area contributed by atoms with E-state index in [1.807, 2.05) is 18.5 Å². The highest BCUT2D eigenvalue weighted by molar-refractivity contribution is 5.78. The molecule has 1 aromatic carbocycles. The fourth-order valence-corrected chi connectivity index (χ4v) is 3.19. The molecule has 2 N–H and O–H groups in total. The van der Waals surface area contributed by atoms with Crippen molar-refractivity contribution in [3.05, 3.63) is 24.5 Å². The molecular formula is C15H19N3. The van der Waals surface area contributed by atoms with Crippen LogP contribution in [-0.2, 0) is 6.54 Å². The molecule has 2 aromatic rings. The highest BCUT2D eigenvalue weighted by atomic mass is 15.0. The zero-order chi connectivity index (χ0) is 12.1. The van der Waals surface area contributed by atoms with Gasteiger partial charge in [-0.05, 0) is 61.6 Å². The van der Waals surface area contributed by atoms with Crippen LogP contribution in [0.15, 0.2) is 24.5 Å². The fraction of sp³-hybridized carbons (Fsp3) is 0.533. The Morgan fingerprint density at radius 2 is 1.94 bits per heavy atom. The molecule has 0 aliphatic heterocycles. The standard InChI is InChI=1S/C15H19N3/c16-12-5-6-15-14(7-12)17-9-18(15)8-13(10-1-2-10)11-3-4-11/h5-7,9-11,13H,1-4,8,16H2. The van der Waals surface area contributed by atoms with Crippen LogP contribution < -0.4 is 5.73 Å². The van der Waals surface area contributed by atoms with E-state index in [0.29, 0.717) is 0 Å². The second-order valence-corrected chi connectivity index (χ2v) is 5.98. The first-order valence-corrected chi connectivity index (χ1v) is 7.01. The van der Waals surface area contributed by atoms with Crippen LogP contribution >= 0.6 is 0 Å². The highest BCUT2D eigenvalue weighted by Gasteiger charge is 2.41. The van der Waals surface area contributed by atoms with Crippen molar-refractivity contribution in [2.75, 3.05) is 5.73 Å². The number of nitrogens with zero attached hydrogens (tertiary/aromatic N) is 2. The van der Waals surface area contributed by atoms with E-state index in [4.69, 9.17) is 5.73 Å². The van der Waals surface area contributed by atoms with Gasteiger partial charge in [-0.3, -0.25) is 0 Å². The van der Waals surface area contributed by atoms with E-state index in [0.717, 1.165) is 35.5 Å². The molecule has 94 valence electrons. The molecule has 0 radical (unpaired) electrons. The molecule has 1 heterocycles. The Labute approximate surface area is 107 Å². The predicted octanol–water partition coefficient (Wildman–Crippen LogP) is 3.05.